The summed E-state index contributed by atoms with van der Waals surface area (Å²) in [6.07, 6.45) is -0.731. The molecule has 76 valence electrons. The Kier molecular flexibility index (Phi) is 3.61. The normalized spacial score (nSPS) is 12.2. The zero-order chi connectivity index (χ0) is 10.7. The Morgan fingerprint density at radius 2 is 2.14 bits per heavy atom. The Morgan fingerprint density at radius 1 is 1.50 bits per heavy atom. The molecule has 1 aromatic carbocycles. The first-order chi connectivity index (χ1) is 6.52. The van der Waals surface area contributed by atoms with Crippen molar-refractivity contribution in [2.45, 2.75) is 13.0 Å². The van der Waals surface area contributed by atoms with Crippen molar-refractivity contribution in [3.8, 4) is 5.75 Å². The van der Waals surface area contributed by atoms with Gasteiger partial charge in [-0.25, -0.2) is 0 Å². The lowest BCUT2D eigenvalue weighted by Crippen LogP contribution is -2.30. The number of ether oxygens (including phenoxy) is 1. The SMILES string of the molecule is C[C@@H](Oc1cccc(Cl)c1Cl)C(N)=O. The fraction of sp³-hybridized carbons (Fsp3) is 0.222. The molecule has 0 heterocycles. The zero-order valence-corrected chi connectivity index (χ0v) is 8.97. The Hall–Kier alpha value is -0.930. The first-order valence-electron chi connectivity index (χ1n) is 3.92. The molecule has 0 aromatic heterocycles. The predicted molar refractivity (Wildman–Crippen MR) is 55.7 cm³/mol. The summed E-state index contributed by atoms with van der Waals surface area (Å²) in [4.78, 5) is 10.7. The summed E-state index contributed by atoms with van der Waals surface area (Å²) < 4.78 is 5.20. The average Bonchev–Trinajstić information content (AvgIpc) is 2.12. The number of carbonyl (C=O) groups excluding carboxylic acids is 1. The highest BCUT2D eigenvalue weighted by Gasteiger charge is 2.13. The van der Waals surface area contributed by atoms with Crippen LogP contribution in [0.15, 0.2) is 18.2 Å². The number of amides is 1. The van der Waals surface area contributed by atoms with E-state index >= 15 is 0 Å². The number of rotatable bonds is 3. The van der Waals surface area contributed by atoms with E-state index in [0.717, 1.165) is 0 Å². The van der Waals surface area contributed by atoms with Crippen LogP contribution in [0.25, 0.3) is 0 Å². The van der Waals surface area contributed by atoms with Crippen LogP contribution in [0, 0.1) is 0 Å². The third kappa shape index (κ3) is 2.53. The average molecular weight is 234 g/mol. The predicted octanol–water partition coefficient (Wildman–Crippen LogP) is 2.25. The quantitative estimate of drug-likeness (QED) is 0.871. The van der Waals surface area contributed by atoms with Gasteiger partial charge in [-0.1, -0.05) is 29.3 Å². The van der Waals surface area contributed by atoms with Crippen LogP contribution in [0.5, 0.6) is 5.75 Å². The molecule has 0 fully saturated rings. The van der Waals surface area contributed by atoms with Gasteiger partial charge in [0, 0.05) is 0 Å². The Bertz CT molecular complexity index is 355. The maximum absolute atomic E-state index is 10.7. The fourth-order valence-electron chi connectivity index (χ4n) is 0.824. The summed E-state index contributed by atoms with van der Waals surface area (Å²) >= 11 is 11.6. The number of halogens is 2. The van der Waals surface area contributed by atoms with Crippen LogP contribution in [-0.4, -0.2) is 12.0 Å². The third-order valence-electron chi connectivity index (χ3n) is 1.62. The van der Waals surface area contributed by atoms with Gasteiger partial charge in [0.25, 0.3) is 5.91 Å². The van der Waals surface area contributed by atoms with Gasteiger partial charge in [-0.2, -0.15) is 0 Å². The Balaban J connectivity index is 2.87. The summed E-state index contributed by atoms with van der Waals surface area (Å²) in [7, 11) is 0. The van der Waals surface area contributed by atoms with E-state index in [9.17, 15) is 4.79 Å². The van der Waals surface area contributed by atoms with Crippen LogP contribution in [0.3, 0.4) is 0 Å². The van der Waals surface area contributed by atoms with Crippen molar-refractivity contribution < 1.29 is 9.53 Å². The molecule has 1 aromatic rings. The molecule has 0 bridgehead atoms. The minimum absolute atomic E-state index is 0.280. The third-order valence-corrected chi connectivity index (χ3v) is 2.42. The van der Waals surface area contributed by atoms with E-state index in [-0.39, 0.29) is 5.02 Å². The molecule has 0 aliphatic rings. The molecular weight excluding hydrogens is 225 g/mol. The first-order valence-corrected chi connectivity index (χ1v) is 4.68. The molecule has 0 spiro atoms. The maximum atomic E-state index is 10.7. The van der Waals surface area contributed by atoms with Gasteiger partial charge in [0.1, 0.15) is 10.8 Å². The van der Waals surface area contributed by atoms with Gasteiger partial charge in [0.2, 0.25) is 0 Å². The summed E-state index contributed by atoms with van der Waals surface area (Å²) in [5, 5.41) is 0.656. The van der Waals surface area contributed by atoms with Crippen molar-refractivity contribution in [2.24, 2.45) is 5.73 Å². The molecule has 0 radical (unpaired) electrons. The van der Waals surface area contributed by atoms with Crippen molar-refractivity contribution in [1.82, 2.24) is 0 Å². The number of primary amides is 1. The number of nitrogens with two attached hydrogens (primary N) is 1. The summed E-state index contributed by atoms with van der Waals surface area (Å²) in [6, 6.07) is 4.93. The lowest BCUT2D eigenvalue weighted by Gasteiger charge is -2.12. The van der Waals surface area contributed by atoms with Gasteiger partial charge >= 0.3 is 0 Å². The van der Waals surface area contributed by atoms with E-state index in [0.29, 0.717) is 10.8 Å². The van der Waals surface area contributed by atoms with Gasteiger partial charge in [-0.15, -0.1) is 0 Å². The van der Waals surface area contributed by atoms with Crippen LogP contribution < -0.4 is 10.5 Å². The first kappa shape index (κ1) is 11.1. The molecule has 5 heteroatoms. The molecule has 14 heavy (non-hydrogen) atoms. The highest BCUT2D eigenvalue weighted by molar-refractivity contribution is 6.42. The molecule has 0 aliphatic heterocycles. The van der Waals surface area contributed by atoms with Crippen LogP contribution >= 0.6 is 23.2 Å². The molecule has 1 rings (SSSR count). The van der Waals surface area contributed by atoms with Gasteiger partial charge in [0.05, 0.1) is 5.02 Å². The fourth-order valence-corrected chi connectivity index (χ4v) is 1.16. The monoisotopic (exact) mass is 233 g/mol. The summed E-state index contributed by atoms with van der Waals surface area (Å²) in [6.45, 7) is 1.54. The molecule has 3 nitrogen and oxygen atoms in total. The lowest BCUT2D eigenvalue weighted by molar-refractivity contribution is -0.123. The molecule has 0 unspecified atom stereocenters. The molecule has 0 aliphatic carbocycles. The number of hydrogen-bond donors (Lipinski definition) is 1. The Morgan fingerprint density at radius 3 is 2.71 bits per heavy atom. The number of benzene rings is 1. The standard InChI is InChI=1S/C9H9Cl2NO2/c1-5(9(12)13)14-7-4-2-3-6(10)8(7)11/h2-5H,1H3,(H2,12,13)/t5-/m1/s1. The van der Waals surface area contributed by atoms with E-state index in [2.05, 4.69) is 0 Å². The van der Waals surface area contributed by atoms with E-state index in [1.54, 1.807) is 25.1 Å². The van der Waals surface area contributed by atoms with Gasteiger partial charge < -0.3 is 10.5 Å². The second-order valence-corrected chi connectivity index (χ2v) is 3.50. The maximum Gasteiger partial charge on any atom is 0.258 e. The summed E-state index contributed by atoms with van der Waals surface area (Å²) in [5.74, 6) is -0.202. The van der Waals surface area contributed by atoms with E-state index in [1.165, 1.54) is 0 Å². The minimum atomic E-state index is -0.731. The van der Waals surface area contributed by atoms with Crippen LogP contribution in [0.2, 0.25) is 10.0 Å². The second kappa shape index (κ2) is 4.53. The van der Waals surface area contributed by atoms with Gasteiger partial charge in [0.15, 0.2) is 6.10 Å². The topological polar surface area (TPSA) is 52.3 Å². The van der Waals surface area contributed by atoms with Crippen molar-refractivity contribution in [3.05, 3.63) is 28.2 Å². The molecule has 0 saturated heterocycles. The van der Waals surface area contributed by atoms with E-state index in [4.69, 9.17) is 33.7 Å². The van der Waals surface area contributed by atoms with Crippen molar-refractivity contribution in [2.75, 3.05) is 0 Å². The molecule has 2 N–H and O–H groups in total. The summed E-state index contributed by atoms with van der Waals surface area (Å²) in [5.41, 5.74) is 5.03. The smallest absolute Gasteiger partial charge is 0.258 e. The minimum Gasteiger partial charge on any atom is -0.479 e. The van der Waals surface area contributed by atoms with Gasteiger partial charge in [-0.3, -0.25) is 4.79 Å². The van der Waals surface area contributed by atoms with Crippen molar-refractivity contribution >= 4 is 29.1 Å². The van der Waals surface area contributed by atoms with Crippen molar-refractivity contribution in [1.29, 1.82) is 0 Å². The number of carbonyl (C=O) groups is 1. The van der Waals surface area contributed by atoms with Crippen molar-refractivity contribution in [3.63, 3.8) is 0 Å². The lowest BCUT2D eigenvalue weighted by atomic mass is 10.3. The molecule has 1 atom stereocenters. The van der Waals surface area contributed by atoms with E-state index in [1.807, 2.05) is 0 Å². The molecule has 0 saturated carbocycles. The number of hydrogen-bond acceptors (Lipinski definition) is 2. The van der Waals surface area contributed by atoms with Gasteiger partial charge in [-0.05, 0) is 19.1 Å². The van der Waals surface area contributed by atoms with Crippen LogP contribution in [0.4, 0.5) is 0 Å². The highest BCUT2D eigenvalue weighted by Crippen LogP contribution is 2.31. The van der Waals surface area contributed by atoms with Crippen LogP contribution in [0.1, 0.15) is 6.92 Å². The van der Waals surface area contributed by atoms with Crippen LogP contribution in [-0.2, 0) is 4.79 Å². The zero-order valence-electron chi connectivity index (χ0n) is 7.46. The molecular formula is C9H9Cl2NO2. The molecule has 1 amide bonds. The largest absolute Gasteiger partial charge is 0.479 e. The Labute approximate surface area is 91.7 Å². The van der Waals surface area contributed by atoms with E-state index < -0.39 is 12.0 Å². The highest BCUT2D eigenvalue weighted by atomic mass is 35.5. The second-order valence-electron chi connectivity index (χ2n) is 2.71.